The maximum absolute atomic E-state index is 8.60. The summed E-state index contributed by atoms with van der Waals surface area (Å²) < 4.78 is 5.58. The number of halogens is 1. The summed E-state index contributed by atoms with van der Waals surface area (Å²) in [5.74, 6) is 1.32. The largest absolute Gasteiger partial charge is 0.437 e. The first-order valence-electron chi connectivity index (χ1n) is 5.57. The van der Waals surface area contributed by atoms with Crippen LogP contribution in [0.4, 0.5) is 5.95 Å². The Morgan fingerprint density at radius 1 is 1.37 bits per heavy atom. The second-order valence-corrected chi connectivity index (χ2v) is 4.08. The maximum Gasteiger partial charge on any atom is 0.243 e. The Bertz CT molecular complexity index is 607. The van der Waals surface area contributed by atoms with Gasteiger partial charge in [-0.25, -0.2) is 4.98 Å². The maximum atomic E-state index is 8.60. The number of hydrogen-bond donors (Lipinski definition) is 1. The SMILES string of the molecule is CNc1ncc(Cl)c(Oc2ccc(CC#N)cc2)n1. The third-order valence-electron chi connectivity index (χ3n) is 2.36. The molecule has 0 radical (unpaired) electrons. The molecule has 0 saturated carbocycles. The van der Waals surface area contributed by atoms with Gasteiger partial charge < -0.3 is 10.1 Å². The van der Waals surface area contributed by atoms with Crippen LogP contribution < -0.4 is 10.1 Å². The van der Waals surface area contributed by atoms with Crippen molar-refractivity contribution in [1.29, 1.82) is 5.26 Å². The number of nitrogens with one attached hydrogen (secondary N) is 1. The van der Waals surface area contributed by atoms with Gasteiger partial charge in [0.05, 0.1) is 18.7 Å². The summed E-state index contributed by atoms with van der Waals surface area (Å²) >= 11 is 5.96. The molecule has 0 atom stereocenters. The summed E-state index contributed by atoms with van der Waals surface area (Å²) in [6, 6.07) is 9.27. The molecule has 0 aliphatic heterocycles. The Hall–Kier alpha value is -2.32. The molecule has 0 aliphatic rings. The van der Waals surface area contributed by atoms with Crippen LogP contribution in [-0.2, 0) is 6.42 Å². The number of ether oxygens (including phenoxy) is 1. The van der Waals surface area contributed by atoms with Crippen molar-refractivity contribution in [2.24, 2.45) is 0 Å². The van der Waals surface area contributed by atoms with E-state index in [1.807, 2.05) is 12.1 Å². The molecular formula is C13H11ClN4O. The van der Waals surface area contributed by atoms with E-state index in [2.05, 4.69) is 21.4 Å². The Balaban J connectivity index is 2.19. The fourth-order valence-electron chi connectivity index (χ4n) is 1.42. The van der Waals surface area contributed by atoms with Crippen LogP contribution in [0.25, 0.3) is 0 Å². The third kappa shape index (κ3) is 3.33. The molecule has 0 unspecified atom stereocenters. The fourth-order valence-corrected chi connectivity index (χ4v) is 1.55. The summed E-state index contributed by atoms with van der Waals surface area (Å²) in [4.78, 5) is 8.08. The molecule has 1 aromatic carbocycles. The Morgan fingerprint density at radius 2 is 2.11 bits per heavy atom. The summed E-state index contributed by atoms with van der Waals surface area (Å²) in [6.45, 7) is 0. The highest BCUT2D eigenvalue weighted by molar-refractivity contribution is 6.31. The average Bonchev–Trinajstić information content (AvgIpc) is 2.44. The molecule has 2 rings (SSSR count). The van der Waals surface area contributed by atoms with Gasteiger partial charge in [-0.2, -0.15) is 10.2 Å². The van der Waals surface area contributed by atoms with E-state index in [1.165, 1.54) is 6.20 Å². The van der Waals surface area contributed by atoms with Crippen LogP contribution in [0, 0.1) is 11.3 Å². The molecule has 19 heavy (non-hydrogen) atoms. The zero-order valence-electron chi connectivity index (χ0n) is 10.2. The van der Waals surface area contributed by atoms with E-state index >= 15 is 0 Å². The topological polar surface area (TPSA) is 70.8 Å². The average molecular weight is 275 g/mol. The smallest absolute Gasteiger partial charge is 0.243 e. The zero-order chi connectivity index (χ0) is 13.7. The highest BCUT2D eigenvalue weighted by Crippen LogP contribution is 2.27. The summed E-state index contributed by atoms with van der Waals surface area (Å²) in [5, 5.41) is 11.7. The molecule has 0 aliphatic carbocycles. The number of hydrogen-bond acceptors (Lipinski definition) is 5. The van der Waals surface area contributed by atoms with Gasteiger partial charge in [-0.1, -0.05) is 23.7 Å². The predicted octanol–water partition coefficient (Wildman–Crippen LogP) is 3.03. The van der Waals surface area contributed by atoms with Crippen LogP contribution in [0.15, 0.2) is 30.5 Å². The van der Waals surface area contributed by atoms with Gasteiger partial charge in [-0.05, 0) is 17.7 Å². The Morgan fingerprint density at radius 3 is 2.74 bits per heavy atom. The van der Waals surface area contributed by atoms with Crippen molar-refractivity contribution in [2.75, 3.05) is 12.4 Å². The molecule has 0 saturated heterocycles. The lowest BCUT2D eigenvalue weighted by molar-refractivity contribution is 0.462. The number of rotatable bonds is 4. The summed E-state index contributed by atoms with van der Waals surface area (Å²) in [6.07, 6.45) is 1.85. The van der Waals surface area contributed by atoms with Crippen molar-refractivity contribution in [3.05, 3.63) is 41.0 Å². The van der Waals surface area contributed by atoms with E-state index in [9.17, 15) is 0 Å². The van der Waals surface area contributed by atoms with Crippen molar-refractivity contribution in [3.63, 3.8) is 0 Å². The number of nitriles is 1. The quantitative estimate of drug-likeness (QED) is 0.928. The molecular weight excluding hydrogens is 264 g/mol. The van der Waals surface area contributed by atoms with E-state index in [-0.39, 0.29) is 5.88 Å². The summed E-state index contributed by atoms with van der Waals surface area (Å²) in [5.41, 5.74) is 0.930. The van der Waals surface area contributed by atoms with Crippen molar-refractivity contribution < 1.29 is 4.74 Å². The van der Waals surface area contributed by atoms with Gasteiger partial charge in [0.1, 0.15) is 10.8 Å². The number of anilines is 1. The molecule has 2 aromatic rings. The van der Waals surface area contributed by atoms with Crippen molar-refractivity contribution >= 4 is 17.5 Å². The van der Waals surface area contributed by atoms with Gasteiger partial charge in [0.25, 0.3) is 0 Å². The van der Waals surface area contributed by atoms with Crippen molar-refractivity contribution in [3.8, 4) is 17.7 Å². The number of benzene rings is 1. The van der Waals surface area contributed by atoms with Crippen molar-refractivity contribution in [1.82, 2.24) is 9.97 Å². The minimum atomic E-state index is 0.286. The van der Waals surface area contributed by atoms with E-state index in [1.54, 1.807) is 19.2 Å². The number of aromatic nitrogens is 2. The van der Waals surface area contributed by atoms with E-state index in [0.717, 1.165) is 5.56 Å². The molecule has 1 heterocycles. The first-order valence-corrected chi connectivity index (χ1v) is 5.94. The van der Waals surface area contributed by atoms with Crippen LogP contribution >= 0.6 is 11.6 Å². The monoisotopic (exact) mass is 274 g/mol. The number of nitrogens with zero attached hydrogens (tertiary/aromatic N) is 3. The van der Waals surface area contributed by atoms with Crippen LogP contribution in [0.2, 0.25) is 5.02 Å². The van der Waals surface area contributed by atoms with Crippen LogP contribution in [0.1, 0.15) is 5.56 Å². The first-order chi connectivity index (χ1) is 9.22. The zero-order valence-corrected chi connectivity index (χ0v) is 11.0. The summed E-state index contributed by atoms with van der Waals surface area (Å²) in [7, 11) is 1.71. The molecule has 96 valence electrons. The minimum absolute atomic E-state index is 0.286. The van der Waals surface area contributed by atoms with Gasteiger partial charge in [0.15, 0.2) is 0 Å². The fraction of sp³-hybridized carbons (Fsp3) is 0.154. The Labute approximate surface area is 115 Å². The highest BCUT2D eigenvalue weighted by Gasteiger charge is 2.07. The normalized spacial score (nSPS) is 9.74. The van der Waals surface area contributed by atoms with Gasteiger partial charge in [0, 0.05) is 7.05 Å². The lowest BCUT2D eigenvalue weighted by atomic mass is 10.2. The van der Waals surface area contributed by atoms with E-state index in [0.29, 0.717) is 23.1 Å². The third-order valence-corrected chi connectivity index (χ3v) is 2.62. The van der Waals surface area contributed by atoms with E-state index in [4.69, 9.17) is 21.6 Å². The van der Waals surface area contributed by atoms with Crippen LogP contribution in [0.3, 0.4) is 0 Å². The van der Waals surface area contributed by atoms with Crippen molar-refractivity contribution in [2.45, 2.75) is 6.42 Å². The molecule has 0 amide bonds. The molecule has 6 heteroatoms. The standard InChI is InChI=1S/C13H11ClN4O/c1-16-13-17-8-11(14)12(18-13)19-10-4-2-9(3-5-10)6-7-15/h2-5,8H,6H2,1H3,(H,16,17,18). The van der Waals surface area contributed by atoms with Gasteiger partial charge in [-0.3, -0.25) is 0 Å². The molecule has 0 spiro atoms. The van der Waals surface area contributed by atoms with Crippen LogP contribution in [0.5, 0.6) is 11.6 Å². The second-order valence-electron chi connectivity index (χ2n) is 3.68. The lowest BCUT2D eigenvalue weighted by Crippen LogP contribution is -1.98. The van der Waals surface area contributed by atoms with Gasteiger partial charge in [-0.15, -0.1) is 0 Å². The molecule has 0 bridgehead atoms. The molecule has 1 N–H and O–H groups in total. The van der Waals surface area contributed by atoms with Gasteiger partial charge in [0.2, 0.25) is 11.8 Å². The molecule has 1 aromatic heterocycles. The highest BCUT2D eigenvalue weighted by atomic mass is 35.5. The molecule has 0 fully saturated rings. The van der Waals surface area contributed by atoms with E-state index < -0.39 is 0 Å². The van der Waals surface area contributed by atoms with Gasteiger partial charge >= 0.3 is 0 Å². The second kappa shape index (κ2) is 6.03. The van der Waals surface area contributed by atoms with Crippen LogP contribution in [-0.4, -0.2) is 17.0 Å². The minimum Gasteiger partial charge on any atom is -0.437 e. The molecule has 5 nitrogen and oxygen atoms in total. The lowest BCUT2D eigenvalue weighted by Gasteiger charge is -2.07. The first kappa shape index (κ1) is 13.1. The predicted molar refractivity (Wildman–Crippen MR) is 72.4 cm³/mol. The Kier molecular flexibility index (Phi) is 4.16.